The van der Waals surface area contributed by atoms with Gasteiger partial charge in [-0.15, -0.1) is 0 Å². The van der Waals surface area contributed by atoms with Crippen molar-refractivity contribution in [2.45, 2.75) is 24.1 Å². The third-order valence-corrected chi connectivity index (χ3v) is 5.09. The van der Waals surface area contributed by atoms with E-state index in [0.29, 0.717) is 10.6 Å². The van der Waals surface area contributed by atoms with Crippen molar-refractivity contribution >= 4 is 33.5 Å². The summed E-state index contributed by atoms with van der Waals surface area (Å²) < 4.78 is 22.7. The minimum Gasteiger partial charge on any atom is -0.480 e. The zero-order valence-electron chi connectivity index (χ0n) is 11.5. The first-order valence-electron chi connectivity index (χ1n) is 6.47. The second kappa shape index (κ2) is 6.23. The second-order valence-corrected chi connectivity index (χ2v) is 7.43. The molecule has 0 bridgehead atoms. The molecule has 1 heterocycles. The van der Waals surface area contributed by atoms with Gasteiger partial charge in [-0.1, -0.05) is 23.7 Å². The van der Waals surface area contributed by atoms with Crippen molar-refractivity contribution < 1.29 is 23.1 Å². The molecular weight excluding hydrogens is 332 g/mol. The van der Waals surface area contributed by atoms with Crippen LogP contribution in [0.15, 0.2) is 24.3 Å². The van der Waals surface area contributed by atoms with Crippen molar-refractivity contribution in [3.8, 4) is 0 Å². The van der Waals surface area contributed by atoms with Gasteiger partial charge < -0.3 is 10.0 Å². The Labute approximate surface area is 132 Å². The first-order chi connectivity index (χ1) is 10.2. The summed E-state index contributed by atoms with van der Waals surface area (Å²) in [5.74, 6) is -1.72. The summed E-state index contributed by atoms with van der Waals surface area (Å²) in [6.07, 6.45) is -0.223. The lowest BCUT2D eigenvalue weighted by Gasteiger charge is -2.24. The van der Waals surface area contributed by atoms with Crippen molar-refractivity contribution in [1.82, 2.24) is 4.90 Å². The molecule has 0 aliphatic carbocycles. The number of amides is 1. The Morgan fingerprint density at radius 3 is 2.45 bits per heavy atom. The highest BCUT2D eigenvalue weighted by Gasteiger charge is 2.41. The van der Waals surface area contributed by atoms with Crippen LogP contribution in [0.5, 0.6) is 0 Å². The molecule has 2 rings (SSSR count). The van der Waals surface area contributed by atoms with Gasteiger partial charge in [0.2, 0.25) is 15.9 Å². The van der Waals surface area contributed by atoms with Crippen molar-refractivity contribution in [2.75, 3.05) is 6.54 Å². The quantitative estimate of drug-likeness (QED) is 0.791. The van der Waals surface area contributed by atoms with Crippen LogP contribution in [-0.4, -0.2) is 48.1 Å². The Balaban J connectivity index is 2.20. The highest BCUT2D eigenvalue weighted by Crippen LogP contribution is 2.22. The molecule has 0 aromatic heterocycles. The van der Waals surface area contributed by atoms with E-state index in [1.54, 1.807) is 24.3 Å². The molecule has 120 valence electrons. The van der Waals surface area contributed by atoms with E-state index in [1.807, 2.05) is 0 Å². The molecule has 2 unspecified atom stereocenters. The molecule has 22 heavy (non-hydrogen) atoms. The van der Waals surface area contributed by atoms with Gasteiger partial charge in [0.05, 0.1) is 0 Å². The number of aliphatic carboxylic acids is 1. The van der Waals surface area contributed by atoms with E-state index >= 15 is 0 Å². The van der Waals surface area contributed by atoms with Crippen LogP contribution >= 0.6 is 11.6 Å². The van der Waals surface area contributed by atoms with Crippen LogP contribution in [0.2, 0.25) is 5.02 Å². The molecule has 0 radical (unpaired) electrons. The van der Waals surface area contributed by atoms with Gasteiger partial charge in [-0.05, 0) is 17.7 Å². The number of carboxylic acid groups (broad SMARTS) is 1. The fourth-order valence-corrected chi connectivity index (χ4v) is 3.26. The number of rotatable bonds is 5. The molecule has 3 N–H and O–H groups in total. The zero-order valence-corrected chi connectivity index (χ0v) is 13.0. The summed E-state index contributed by atoms with van der Waals surface area (Å²) in [4.78, 5) is 24.5. The number of benzene rings is 1. The number of nitrogens with two attached hydrogens (primary N) is 1. The predicted octanol–water partition coefficient (Wildman–Crippen LogP) is 0.225. The summed E-state index contributed by atoms with van der Waals surface area (Å²) in [6.45, 7) is -0.206. The molecule has 1 aliphatic rings. The molecular formula is C13H15ClN2O5S. The fraction of sp³-hybridized carbons (Fsp3) is 0.385. The molecule has 7 nitrogen and oxygen atoms in total. The average Bonchev–Trinajstić information content (AvgIpc) is 2.79. The van der Waals surface area contributed by atoms with E-state index in [2.05, 4.69) is 0 Å². The van der Waals surface area contributed by atoms with Gasteiger partial charge in [0.1, 0.15) is 11.3 Å². The van der Waals surface area contributed by atoms with Crippen molar-refractivity contribution in [3.63, 3.8) is 0 Å². The second-order valence-electron chi connectivity index (χ2n) is 5.15. The fourth-order valence-electron chi connectivity index (χ4n) is 2.39. The number of primary sulfonamides is 1. The molecule has 2 atom stereocenters. The summed E-state index contributed by atoms with van der Waals surface area (Å²) in [5, 5.41) is 13.9. The SMILES string of the molecule is NS(=O)(=O)C1CC(=O)N(C(Cc2ccc(Cl)cc2)C(=O)O)C1. The Morgan fingerprint density at radius 2 is 2.00 bits per heavy atom. The molecule has 1 amide bonds. The largest absolute Gasteiger partial charge is 0.480 e. The normalized spacial score (nSPS) is 20.2. The van der Waals surface area contributed by atoms with E-state index in [1.165, 1.54) is 0 Å². The summed E-state index contributed by atoms with van der Waals surface area (Å²) >= 11 is 5.77. The monoisotopic (exact) mass is 346 g/mol. The molecule has 1 saturated heterocycles. The Hall–Kier alpha value is -1.64. The van der Waals surface area contributed by atoms with Crippen LogP contribution in [0.3, 0.4) is 0 Å². The number of halogens is 1. The number of hydrogen-bond donors (Lipinski definition) is 2. The van der Waals surface area contributed by atoms with Gasteiger partial charge >= 0.3 is 5.97 Å². The summed E-state index contributed by atoms with van der Waals surface area (Å²) in [6, 6.07) is 5.43. The van der Waals surface area contributed by atoms with Gasteiger partial charge in [-0.2, -0.15) is 0 Å². The maximum atomic E-state index is 11.9. The third kappa shape index (κ3) is 3.76. The van der Waals surface area contributed by atoms with Gasteiger partial charge in [0, 0.05) is 24.4 Å². The Morgan fingerprint density at radius 1 is 1.41 bits per heavy atom. The lowest BCUT2D eigenvalue weighted by atomic mass is 10.1. The molecule has 1 aromatic carbocycles. The number of carbonyl (C=O) groups excluding carboxylic acids is 1. The maximum absolute atomic E-state index is 11.9. The summed E-state index contributed by atoms with van der Waals surface area (Å²) in [7, 11) is -3.88. The molecule has 9 heteroatoms. The smallest absolute Gasteiger partial charge is 0.326 e. The third-order valence-electron chi connectivity index (χ3n) is 3.59. The Kier molecular flexibility index (Phi) is 4.74. The van der Waals surface area contributed by atoms with Gasteiger partial charge in [-0.3, -0.25) is 4.79 Å². The van der Waals surface area contributed by atoms with Crippen molar-refractivity contribution in [3.05, 3.63) is 34.9 Å². The molecule has 1 aliphatic heterocycles. The number of hydrogen-bond acceptors (Lipinski definition) is 4. The van der Waals surface area contributed by atoms with E-state index in [-0.39, 0.29) is 19.4 Å². The minimum absolute atomic E-state index is 0.0651. The first-order valence-corrected chi connectivity index (χ1v) is 8.45. The van der Waals surface area contributed by atoms with Gasteiger partial charge in [0.15, 0.2) is 0 Å². The lowest BCUT2D eigenvalue weighted by molar-refractivity contribution is -0.148. The summed E-state index contributed by atoms with van der Waals surface area (Å²) in [5.41, 5.74) is 0.684. The highest BCUT2D eigenvalue weighted by atomic mass is 35.5. The van der Waals surface area contributed by atoms with Crippen molar-refractivity contribution in [2.24, 2.45) is 5.14 Å². The Bertz CT molecular complexity index is 689. The number of nitrogens with zero attached hydrogens (tertiary/aromatic N) is 1. The van der Waals surface area contributed by atoms with Crippen LogP contribution in [0.4, 0.5) is 0 Å². The number of carboxylic acids is 1. The van der Waals surface area contributed by atoms with Crippen molar-refractivity contribution in [1.29, 1.82) is 0 Å². The van der Waals surface area contributed by atoms with E-state index < -0.39 is 33.2 Å². The number of sulfonamides is 1. The molecule has 0 spiro atoms. The van der Waals surface area contributed by atoms with Crippen LogP contribution in [-0.2, 0) is 26.0 Å². The average molecular weight is 347 g/mol. The molecule has 1 fully saturated rings. The number of carbonyl (C=O) groups is 2. The highest BCUT2D eigenvalue weighted by molar-refractivity contribution is 7.89. The predicted molar refractivity (Wildman–Crippen MR) is 79.8 cm³/mol. The van der Waals surface area contributed by atoms with E-state index in [0.717, 1.165) is 4.90 Å². The minimum atomic E-state index is -3.88. The maximum Gasteiger partial charge on any atom is 0.326 e. The van der Waals surface area contributed by atoms with Crippen LogP contribution < -0.4 is 5.14 Å². The van der Waals surface area contributed by atoms with Crippen LogP contribution in [0.1, 0.15) is 12.0 Å². The number of likely N-dealkylation sites (tertiary alicyclic amines) is 1. The van der Waals surface area contributed by atoms with Crippen LogP contribution in [0.25, 0.3) is 0 Å². The first kappa shape index (κ1) is 16.7. The topological polar surface area (TPSA) is 118 Å². The standard InChI is InChI=1S/C13H15ClN2O5S/c14-9-3-1-8(2-4-9)5-11(13(18)19)16-7-10(6-12(16)17)22(15,20)21/h1-4,10-11H,5-7H2,(H,18,19)(H2,15,20,21). The van der Waals surface area contributed by atoms with Gasteiger partial charge in [0.25, 0.3) is 0 Å². The zero-order chi connectivity index (χ0) is 16.5. The lowest BCUT2D eigenvalue weighted by Crippen LogP contribution is -2.44. The molecule has 0 saturated carbocycles. The van der Waals surface area contributed by atoms with Crippen LogP contribution in [0, 0.1) is 0 Å². The van der Waals surface area contributed by atoms with Gasteiger partial charge in [-0.25, -0.2) is 18.4 Å². The van der Waals surface area contributed by atoms with E-state index in [4.69, 9.17) is 16.7 Å². The molecule has 1 aromatic rings. The van der Waals surface area contributed by atoms with E-state index in [9.17, 15) is 23.1 Å².